The molecular weight excluding hydrogens is 254 g/mol. The minimum absolute atomic E-state index is 0. The molecule has 1 rings (SSSR count). The van der Waals surface area contributed by atoms with Crippen LogP contribution < -0.4 is 5.32 Å². The minimum Gasteiger partial charge on any atom is -0.312 e. The smallest absolute Gasteiger partial charge is 0.00695 e. The molecule has 0 amide bonds. The van der Waals surface area contributed by atoms with Gasteiger partial charge in [0.1, 0.15) is 0 Å². The molecular formula is C17H36ClN. The number of unbranched alkanes of at least 4 members (excludes halogenated alkanes) is 8. The fraction of sp³-hybridized carbons (Fsp3) is 1.00. The summed E-state index contributed by atoms with van der Waals surface area (Å²) in [5.74, 6) is 0. The van der Waals surface area contributed by atoms with Gasteiger partial charge in [0.05, 0.1) is 0 Å². The first-order valence-electron chi connectivity index (χ1n) is 8.59. The number of rotatable bonds is 10. The van der Waals surface area contributed by atoms with Crippen LogP contribution >= 0.6 is 12.4 Å². The van der Waals surface area contributed by atoms with Crippen molar-refractivity contribution in [1.29, 1.82) is 0 Å². The molecule has 0 saturated carbocycles. The van der Waals surface area contributed by atoms with E-state index in [0.29, 0.717) is 0 Å². The van der Waals surface area contributed by atoms with Crippen molar-refractivity contribution in [3.8, 4) is 0 Å². The first-order chi connectivity index (χ1) is 8.83. The summed E-state index contributed by atoms with van der Waals surface area (Å²) in [6.45, 7) is 4.63. The molecule has 116 valence electrons. The Morgan fingerprint density at radius 1 is 0.842 bits per heavy atom. The molecule has 0 aromatic heterocycles. The van der Waals surface area contributed by atoms with E-state index in [9.17, 15) is 0 Å². The van der Waals surface area contributed by atoms with Crippen LogP contribution in [0.3, 0.4) is 0 Å². The first-order valence-corrected chi connectivity index (χ1v) is 8.59. The molecule has 1 saturated heterocycles. The molecule has 0 aliphatic carbocycles. The highest BCUT2D eigenvalue weighted by atomic mass is 35.5. The Hall–Kier alpha value is 0.250. The molecule has 1 heterocycles. The van der Waals surface area contributed by atoms with Crippen LogP contribution in [0.4, 0.5) is 0 Å². The third-order valence-corrected chi connectivity index (χ3v) is 4.37. The van der Waals surface area contributed by atoms with Crippen molar-refractivity contribution in [1.82, 2.24) is 5.32 Å². The zero-order valence-corrected chi connectivity index (χ0v) is 14.1. The Morgan fingerprint density at radius 2 is 1.42 bits per heavy atom. The van der Waals surface area contributed by atoms with Crippen LogP contribution in [0.1, 0.15) is 97.3 Å². The summed E-state index contributed by atoms with van der Waals surface area (Å²) >= 11 is 0. The monoisotopic (exact) mass is 289 g/mol. The maximum atomic E-state index is 3.74. The summed E-state index contributed by atoms with van der Waals surface area (Å²) in [6, 6.07) is 1.60. The summed E-state index contributed by atoms with van der Waals surface area (Å²) in [7, 11) is 0. The molecule has 1 N–H and O–H groups in total. The van der Waals surface area contributed by atoms with Crippen molar-refractivity contribution in [3.05, 3.63) is 0 Å². The summed E-state index contributed by atoms with van der Waals surface area (Å²) in [5, 5.41) is 3.74. The topological polar surface area (TPSA) is 12.0 Å². The number of nitrogens with one attached hydrogen (secondary N) is 1. The zero-order chi connectivity index (χ0) is 13.1. The summed E-state index contributed by atoms with van der Waals surface area (Å²) in [5.41, 5.74) is 0. The predicted molar refractivity (Wildman–Crippen MR) is 89.3 cm³/mol. The summed E-state index contributed by atoms with van der Waals surface area (Å²) < 4.78 is 0. The third kappa shape index (κ3) is 10.7. The van der Waals surface area contributed by atoms with Gasteiger partial charge in [0.2, 0.25) is 0 Å². The van der Waals surface area contributed by atoms with Crippen LogP contribution in [-0.4, -0.2) is 12.1 Å². The molecule has 1 nitrogen and oxygen atoms in total. The Bertz CT molecular complexity index is 184. The largest absolute Gasteiger partial charge is 0.312 e. The lowest BCUT2D eigenvalue weighted by Gasteiger charge is -2.28. The molecule has 19 heavy (non-hydrogen) atoms. The lowest BCUT2D eigenvalue weighted by atomic mass is 9.95. The number of piperidine rings is 1. The van der Waals surface area contributed by atoms with Crippen molar-refractivity contribution >= 4 is 12.4 Å². The van der Waals surface area contributed by atoms with Gasteiger partial charge in [-0.2, -0.15) is 0 Å². The molecule has 0 bridgehead atoms. The van der Waals surface area contributed by atoms with Crippen LogP contribution in [0.15, 0.2) is 0 Å². The van der Waals surface area contributed by atoms with Gasteiger partial charge in [-0.3, -0.25) is 0 Å². The second kappa shape index (κ2) is 13.2. The molecule has 2 heteroatoms. The van der Waals surface area contributed by atoms with Crippen molar-refractivity contribution in [2.45, 2.75) is 109 Å². The molecule has 2 atom stereocenters. The van der Waals surface area contributed by atoms with Crippen LogP contribution in [0.25, 0.3) is 0 Å². The summed E-state index contributed by atoms with van der Waals surface area (Å²) in [6.07, 6.45) is 18.7. The van der Waals surface area contributed by atoms with Gasteiger partial charge in [0.25, 0.3) is 0 Å². The molecule has 1 fully saturated rings. The van der Waals surface area contributed by atoms with Gasteiger partial charge in [0.15, 0.2) is 0 Å². The number of hydrogen-bond donors (Lipinski definition) is 1. The maximum Gasteiger partial charge on any atom is 0.00695 e. The Kier molecular flexibility index (Phi) is 13.4. The van der Waals surface area contributed by atoms with Crippen molar-refractivity contribution < 1.29 is 0 Å². The van der Waals surface area contributed by atoms with Crippen molar-refractivity contribution in [3.63, 3.8) is 0 Å². The van der Waals surface area contributed by atoms with E-state index in [4.69, 9.17) is 0 Å². The molecule has 0 aromatic carbocycles. The fourth-order valence-electron chi connectivity index (χ4n) is 3.17. The molecule has 1 aliphatic heterocycles. The second-order valence-electron chi connectivity index (χ2n) is 6.31. The highest BCUT2D eigenvalue weighted by Crippen LogP contribution is 2.18. The average Bonchev–Trinajstić information content (AvgIpc) is 2.37. The van der Waals surface area contributed by atoms with E-state index in [2.05, 4.69) is 19.2 Å². The number of hydrogen-bond acceptors (Lipinski definition) is 1. The van der Waals surface area contributed by atoms with E-state index in [0.717, 1.165) is 12.1 Å². The predicted octanol–water partition coefficient (Wildman–Crippen LogP) is 5.86. The normalized spacial score (nSPS) is 23.1. The van der Waals surface area contributed by atoms with E-state index >= 15 is 0 Å². The van der Waals surface area contributed by atoms with E-state index in [1.165, 1.54) is 83.5 Å². The van der Waals surface area contributed by atoms with Crippen LogP contribution in [0.2, 0.25) is 0 Å². The third-order valence-electron chi connectivity index (χ3n) is 4.37. The molecule has 0 aromatic rings. The van der Waals surface area contributed by atoms with Crippen LogP contribution in [0.5, 0.6) is 0 Å². The zero-order valence-electron chi connectivity index (χ0n) is 13.3. The highest BCUT2D eigenvalue weighted by Gasteiger charge is 2.16. The van der Waals surface area contributed by atoms with Gasteiger partial charge in [-0.25, -0.2) is 0 Å². The van der Waals surface area contributed by atoms with Gasteiger partial charge in [-0.1, -0.05) is 71.1 Å². The van der Waals surface area contributed by atoms with Gasteiger partial charge >= 0.3 is 0 Å². The molecule has 0 unspecified atom stereocenters. The summed E-state index contributed by atoms with van der Waals surface area (Å²) in [4.78, 5) is 0. The first kappa shape index (κ1) is 19.2. The van der Waals surface area contributed by atoms with Gasteiger partial charge in [-0.15, -0.1) is 12.4 Å². The minimum atomic E-state index is 0. The Labute approximate surface area is 127 Å². The molecule has 0 spiro atoms. The lowest BCUT2D eigenvalue weighted by Crippen LogP contribution is -2.40. The van der Waals surface area contributed by atoms with E-state index in [1.807, 2.05) is 0 Å². The quantitative estimate of drug-likeness (QED) is 0.497. The second-order valence-corrected chi connectivity index (χ2v) is 6.31. The molecule has 0 radical (unpaired) electrons. The SMILES string of the molecule is CCCCCCCCCCC[C@H]1CCC[C@H](C)N1.Cl. The van der Waals surface area contributed by atoms with E-state index < -0.39 is 0 Å². The van der Waals surface area contributed by atoms with Crippen LogP contribution in [0, 0.1) is 0 Å². The molecule has 1 aliphatic rings. The van der Waals surface area contributed by atoms with Gasteiger partial charge < -0.3 is 5.32 Å². The average molecular weight is 290 g/mol. The van der Waals surface area contributed by atoms with Gasteiger partial charge in [0, 0.05) is 12.1 Å². The lowest BCUT2D eigenvalue weighted by molar-refractivity contribution is 0.314. The Morgan fingerprint density at radius 3 is 2.00 bits per heavy atom. The maximum absolute atomic E-state index is 3.74. The number of halogens is 1. The van der Waals surface area contributed by atoms with Gasteiger partial charge in [-0.05, 0) is 26.2 Å². The fourth-order valence-corrected chi connectivity index (χ4v) is 3.17. The standard InChI is InChI=1S/C17H35N.ClH/c1-3-4-5-6-7-8-9-10-11-14-17-15-12-13-16(2)18-17;/h16-18H,3-15H2,1-2H3;1H/t16-,17-;/m0./s1. The van der Waals surface area contributed by atoms with E-state index in [-0.39, 0.29) is 12.4 Å². The Balaban J connectivity index is 0.00000324. The van der Waals surface area contributed by atoms with Crippen molar-refractivity contribution in [2.75, 3.05) is 0 Å². The highest BCUT2D eigenvalue weighted by molar-refractivity contribution is 5.85. The van der Waals surface area contributed by atoms with Crippen LogP contribution in [-0.2, 0) is 0 Å². The van der Waals surface area contributed by atoms with E-state index in [1.54, 1.807) is 0 Å². The van der Waals surface area contributed by atoms with Crippen molar-refractivity contribution in [2.24, 2.45) is 0 Å².